The molecule has 1 atom stereocenters. The van der Waals surface area contributed by atoms with Gasteiger partial charge in [-0.15, -0.1) is 0 Å². The molecule has 0 radical (unpaired) electrons. The average molecular weight is 209 g/mol. The number of hydrogen-bond donors (Lipinski definition) is 2. The molecule has 1 unspecified atom stereocenters. The summed E-state index contributed by atoms with van der Waals surface area (Å²) >= 11 is 0. The Labute approximate surface area is 90.9 Å². The summed E-state index contributed by atoms with van der Waals surface area (Å²) in [4.78, 5) is 0. The molecule has 0 spiro atoms. The summed E-state index contributed by atoms with van der Waals surface area (Å²) in [6.07, 6.45) is 1.56. The van der Waals surface area contributed by atoms with Crippen LogP contribution in [0.3, 0.4) is 0 Å². The van der Waals surface area contributed by atoms with Gasteiger partial charge in [-0.25, -0.2) is 0 Å². The van der Waals surface area contributed by atoms with Gasteiger partial charge in [0, 0.05) is 13.2 Å². The fourth-order valence-electron chi connectivity index (χ4n) is 1.55. The molecule has 3 nitrogen and oxygen atoms in total. The van der Waals surface area contributed by atoms with E-state index in [2.05, 4.69) is 0 Å². The van der Waals surface area contributed by atoms with Gasteiger partial charge in [0.15, 0.2) is 0 Å². The highest BCUT2D eigenvalue weighted by Gasteiger charge is 2.04. The molecule has 0 saturated carbocycles. The molecule has 0 aliphatic heterocycles. The number of phenols is 1. The van der Waals surface area contributed by atoms with E-state index in [1.54, 1.807) is 13.2 Å². The molecule has 0 aliphatic rings. The van der Waals surface area contributed by atoms with Crippen molar-refractivity contribution < 1.29 is 9.84 Å². The van der Waals surface area contributed by atoms with Crippen molar-refractivity contribution in [2.24, 2.45) is 5.73 Å². The van der Waals surface area contributed by atoms with Crippen molar-refractivity contribution in [1.29, 1.82) is 0 Å². The van der Waals surface area contributed by atoms with Crippen LogP contribution in [0, 0.1) is 0 Å². The average Bonchev–Trinajstić information content (AvgIpc) is 2.18. The Morgan fingerprint density at radius 2 is 2.20 bits per heavy atom. The summed E-state index contributed by atoms with van der Waals surface area (Å²) in [6, 6.07) is 5.78. The predicted molar refractivity (Wildman–Crippen MR) is 61.0 cm³/mol. The van der Waals surface area contributed by atoms with Crippen LogP contribution in [0.4, 0.5) is 0 Å². The van der Waals surface area contributed by atoms with Crippen LogP contribution in [0.25, 0.3) is 0 Å². The third-order valence-electron chi connectivity index (χ3n) is 2.28. The maximum absolute atomic E-state index is 9.61. The van der Waals surface area contributed by atoms with Crippen molar-refractivity contribution in [3.8, 4) is 5.75 Å². The number of ether oxygens (including phenoxy) is 1. The number of benzene rings is 1. The molecular formula is C12H19NO2. The Hall–Kier alpha value is -1.06. The van der Waals surface area contributed by atoms with E-state index in [0.717, 1.165) is 24.0 Å². The molecule has 1 aromatic rings. The SMILES string of the molecule is COCCc1cc(CC(C)N)ccc1O. The summed E-state index contributed by atoms with van der Waals surface area (Å²) in [5, 5.41) is 9.61. The van der Waals surface area contributed by atoms with Gasteiger partial charge in [0.1, 0.15) is 5.75 Å². The number of phenolic OH excluding ortho intramolecular Hbond substituents is 1. The molecule has 0 aliphatic carbocycles. The van der Waals surface area contributed by atoms with E-state index >= 15 is 0 Å². The topological polar surface area (TPSA) is 55.5 Å². The van der Waals surface area contributed by atoms with Gasteiger partial charge >= 0.3 is 0 Å². The van der Waals surface area contributed by atoms with Crippen molar-refractivity contribution >= 4 is 0 Å². The summed E-state index contributed by atoms with van der Waals surface area (Å²) in [5.41, 5.74) is 7.81. The molecule has 0 saturated heterocycles. The molecule has 3 heteroatoms. The zero-order valence-corrected chi connectivity index (χ0v) is 9.36. The zero-order valence-electron chi connectivity index (χ0n) is 9.36. The summed E-state index contributed by atoms with van der Waals surface area (Å²) in [6.45, 7) is 2.59. The van der Waals surface area contributed by atoms with Gasteiger partial charge in [-0.3, -0.25) is 0 Å². The second-order valence-corrected chi connectivity index (χ2v) is 3.89. The van der Waals surface area contributed by atoms with E-state index in [1.165, 1.54) is 0 Å². The highest BCUT2D eigenvalue weighted by molar-refractivity contribution is 5.36. The highest BCUT2D eigenvalue weighted by atomic mass is 16.5. The first-order valence-corrected chi connectivity index (χ1v) is 5.18. The minimum Gasteiger partial charge on any atom is -0.508 e. The Morgan fingerprint density at radius 1 is 1.47 bits per heavy atom. The van der Waals surface area contributed by atoms with Crippen LogP contribution >= 0.6 is 0 Å². The lowest BCUT2D eigenvalue weighted by Crippen LogP contribution is -2.17. The van der Waals surface area contributed by atoms with Crippen LogP contribution in [0.15, 0.2) is 18.2 Å². The van der Waals surface area contributed by atoms with Gasteiger partial charge in [-0.1, -0.05) is 12.1 Å². The van der Waals surface area contributed by atoms with Gasteiger partial charge in [-0.2, -0.15) is 0 Å². The van der Waals surface area contributed by atoms with Crippen molar-refractivity contribution in [1.82, 2.24) is 0 Å². The van der Waals surface area contributed by atoms with E-state index < -0.39 is 0 Å². The van der Waals surface area contributed by atoms with Gasteiger partial charge in [0.05, 0.1) is 6.61 Å². The van der Waals surface area contributed by atoms with Crippen molar-refractivity contribution in [2.75, 3.05) is 13.7 Å². The largest absolute Gasteiger partial charge is 0.508 e. The fraction of sp³-hybridized carbons (Fsp3) is 0.500. The summed E-state index contributed by atoms with van der Waals surface area (Å²) < 4.78 is 4.99. The number of hydrogen-bond acceptors (Lipinski definition) is 3. The first-order chi connectivity index (χ1) is 7.13. The van der Waals surface area contributed by atoms with Gasteiger partial charge in [-0.05, 0) is 37.0 Å². The molecule has 0 amide bonds. The van der Waals surface area contributed by atoms with E-state index in [9.17, 15) is 5.11 Å². The van der Waals surface area contributed by atoms with Crippen LogP contribution in [0.2, 0.25) is 0 Å². The second kappa shape index (κ2) is 5.73. The molecule has 15 heavy (non-hydrogen) atoms. The molecule has 1 rings (SSSR count). The second-order valence-electron chi connectivity index (χ2n) is 3.89. The highest BCUT2D eigenvalue weighted by Crippen LogP contribution is 2.19. The minimum absolute atomic E-state index is 0.143. The predicted octanol–water partition coefficient (Wildman–Crippen LogP) is 1.47. The van der Waals surface area contributed by atoms with Crippen LogP contribution in [-0.2, 0) is 17.6 Å². The Balaban J connectivity index is 2.75. The summed E-state index contributed by atoms with van der Waals surface area (Å²) in [7, 11) is 1.66. The van der Waals surface area contributed by atoms with Gasteiger partial charge in [0.2, 0.25) is 0 Å². The number of methoxy groups -OCH3 is 1. The number of rotatable bonds is 5. The van der Waals surface area contributed by atoms with Crippen LogP contribution in [0.5, 0.6) is 5.75 Å². The Kier molecular flexibility index (Phi) is 4.59. The lowest BCUT2D eigenvalue weighted by atomic mass is 10.0. The molecule has 1 aromatic carbocycles. The van der Waals surface area contributed by atoms with E-state index in [0.29, 0.717) is 12.4 Å². The normalized spacial score (nSPS) is 12.7. The van der Waals surface area contributed by atoms with E-state index in [1.807, 2.05) is 19.1 Å². The van der Waals surface area contributed by atoms with Gasteiger partial charge < -0.3 is 15.6 Å². The van der Waals surface area contributed by atoms with E-state index in [4.69, 9.17) is 10.5 Å². The lowest BCUT2D eigenvalue weighted by Gasteiger charge is -2.09. The maximum atomic E-state index is 9.61. The third kappa shape index (κ3) is 3.90. The Morgan fingerprint density at radius 3 is 2.80 bits per heavy atom. The quantitative estimate of drug-likeness (QED) is 0.772. The van der Waals surface area contributed by atoms with Crippen molar-refractivity contribution in [2.45, 2.75) is 25.8 Å². The maximum Gasteiger partial charge on any atom is 0.118 e. The molecule has 0 fully saturated rings. The fourth-order valence-corrected chi connectivity index (χ4v) is 1.55. The Bertz CT molecular complexity index is 310. The monoisotopic (exact) mass is 209 g/mol. The first kappa shape index (κ1) is 12.0. The first-order valence-electron chi connectivity index (χ1n) is 5.18. The minimum atomic E-state index is 0.143. The smallest absolute Gasteiger partial charge is 0.118 e. The third-order valence-corrected chi connectivity index (χ3v) is 2.28. The molecule has 0 bridgehead atoms. The molecule has 0 aromatic heterocycles. The van der Waals surface area contributed by atoms with Crippen LogP contribution in [0.1, 0.15) is 18.1 Å². The van der Waals surface area contributed by atoms with Crippen molar-refractivity contribution in [3.05, 3.63) is 29.3 Å². The number of aromatic hydroxyl groups is 1. The summed E-state index contributed by atoms with van der Waals surface area (Å²) in [5.74, 6) is 0.334. The standard InChI is InChI=1S/C12H19NO2/c1-9(13)7-10-3-4-12(14)11(8-10)5-6-15-2/h3-4,8-9,14H,5-7,13H2,1-2H3. The zero-order chi connectivity index (χ0) is 11.3. The van der Waals surface area contributed by atoms with E-state index in [-0.39, 0.29) is 6.04 Å². The molecule has 84 valence electrons. The van der Waals surface area contributed by atoms with Crippen molar-refractivity contribution in [3.63, 3.8) is 0 Å². The van der Waals surface area contributed by atoms with Crippen LogP contribution < -0.4 is 5.73 Å². The molecule has 3 N–H and O–H groups in total. The number of nitrogens with two attached hydrogens (primary N) is 1. The molecule has 0 heterocycles. The van der Waals surface area contributed by atoms with Gasteiger partial charge in [0.25, 0.3) is 0 Å². The van der Waals surface area contributed by atoms with Crippen LogP contribution in [-0.4, -0.2) is 24.9 Å². The molecular weight excluding hydrogens is 190 g/mol. The lowest BCUT2D eigenvalue weighted by molar-refractivity contribution is 0.201.